The predicted molar refractivity (Wildman–Crippen MR) is 82.9 cm³/mol. The smallest absolute Gasteiger partial charge is 0.245 e. The first kappa shape index (κ1) is 16.3. The lowest BCUT2D eigenvalue weighted by Crippen LogP contribution is -2.57. The molecule has 0 aromatic carbocycles. The number of nitrogens with one attached hydrogen (secondary N) is 1. The Morgan fingerprint density at radius 2 is 2.14 bits per heavy atom. The summed E-state index contributed by atoms with van der Waals surface area (Å²) in [6.07, 6.45) is 6.20. The lowest BCUT2D eigenvalue weighted by Gasteiger charge is -2.36. The molecule has 0 bridgehead atoms. The van der Waals surface area contributed by atoms with E-state index in [4.69, 9.17) is 0 Å². The third kappa shape index (κ3) is 4.19. The number of nitrogens with zero attached hydrogens (tertiary/aromatic N) is 2. The van der Waals surface area contributed by atoms with E-state index in [2.05, 4.69) is 19.2 Å². The Labute approximate surface area is 128 Å². The van der Waals surface area contributed by atoms with Crippen LogP contribution in [0.5, 0.6) is 0 Å². The second kappa shape index (κ2) is 7.78. The van der Waals surface area contributed by atoms with Gasteiger partial charge in [-0.3, -0.25) is 9.59 Å². The maximum atomic E-state index is 12.3. The highest BCUT2D eigenvalue weighted by molar-refractivity contribution is 5.95. The molecule has 0 aliphatic carbocycles. The third-order valence-electron chi connectivity index (χ3n) is 4.55. The number of rotatable bonds is 8. The molecule has 0 spiro atoms. The molecular weight excluding hydrogens is 266 g/mol. The van der Waals surface area contributed by atoms with E-state index >= 15 is 0 Å². The SMILES string of the molecule is CCCNC(C)CCCCN1CC(=O)N2CCCC2C1=O. The van der Waals surface area contributed by atoms with Crippen LogP contribution in [0.4, 0.5) is 0 Å². The molecule has 2 atom stereocenters. The minimum atomic E-state index is -0.156. The van der Waals surface area contributed by atoms with Gasteiger partial charge in [-0.2, -0.15) is 0 Å². The van der Waals surface area contributed by atoms with Crippen molar-refractivity contribution in [2.24, 2.45) is 0 Å². The molecule has 120 valence electrons. The maximum Gasteiger partial charge on any atom is 0.245 e. The molecule has 0 radical (unpaired) electrons. The molecular formula is C16H29N3O2. The molecule has 5 heteroatoms. The Balaban J connectivity index is 1.68. The highest BCUT2D eigenvalue weighted by atomic mass is 16.2. The topological polar surface area (TPSA) is 52.7 Å². The largest absolute Gasteiger partial charge is 0.332 e. The van der Waals surface area contributed by atoms with Crippen LogP contribution in [0.15, 0.2) is 0 Å². The fourth-order valence-electron chi connectivity index (χ4n) is 3.30. The van der Waals surface area contributed by atoms with Gasteiger partial charge in [0.25, 0.3) is 0 Å². The summed E-state index contributed by atoms with van der Waals surface area (Å²) in [4.78, 5) is 27.9. The van der Waals surface area contributed by atoms with Gasteiger partial charge in [-0.05, 0) is 45.6 Å². The highest BCUT2D eigenvalue weighted by Crippen LogP contribution is 2.23. The number of piperazine rings is 1. The quantitative estimate of drug-likeness (QED) is 0.688. The minimum Gasteiger partial charge on any atom is -0.332 e. The summed E-state index contributed by atoms with van der Waals surface area (Å²) in [7, 11) is 0. The summed E-state index contributed by atoms with van der Waals surface area (Å²) in [6, 6.07) is 0.380. The summed E-state index contributed by atoms with van der Waals surface area (Å²) in [6.45, 7) is 7.24. The van der Waals surface area contributed by atoms with Gasteiger partial charge in [0.2, 0.25) is 11.8 Å². The standard InChI is InChI=1S/C16H29N3O2/c1-3-9-17-13(2)7-4-5-10-18-12-15(20)19-11-6-8-14(19)16(18)21/h13-14,17H,3-12H2,1-2H3. The summed E-state index contributed by atoms with van der Waals surface area (Å²) in [5, 5.41) is 3.48. The fraction of sp³-hybridized carbons (Fsp3) is 0.875. The van der Waals surface area contributed by atoms with Gasteiger partial charge in [0.15, 0.2) is 0 Å². The van der Waals surface area contributed by atoms with Gasteiger partial charge in [-0.15, -0.1) is 0 Å². The van der Waals surface area contributed by atoms with Crippen LogP contribution < -0.4 is 5.32 Å². The summed E-state index contributed by atoms with van der Waals surface area (Å²) in [5.41, 5.74) is 0. The van der Waals surface area contributed by atoms with E-state index in [0.717, 1.165) is 58.2 Å². The minimum absolute atomic E-state index is 0.134. The number of fused-ring (bicyclic) bond motifs is 1. The number of amides is 2. The fourth-order valence-corrected chi connectivity index (χ4v) is 3.30. The zero-order valence-corrected chi connectivity index (χ0v) is 13.4. The van der Waals surface area contributed by atoms with E-state index in [-0.39, 0.29) is 17.9 Å². The van der Waals surface area contributed by atoms with Crippen LogP contribution in [0.3, 0.4) is 0 Å². The van der Waals surface area contributed by atoms with Crippen molar-refractivity contribution >= 4 is 11.8 Å². The van der Waals surface area contributed by atoms with Gasteiger partial charge in [-0.1, -0.05) is 13.3 Å². The molecule has 0 aromatic heterocycles. The predicted octanol–water partition coefficient (Wildman–Crippen LogP) is 1.38. The Bertz CT molecular complexity index is 373. The van der Waals surface area contributed by atoms with Gasteiger partial charge in [-0.25, -0.2) is 0 Å². The molecule has 2 fully saturated rings. The van der Waals surface area contributed by atoms with Crippen LogP contribution in [-0.2, 0) is 9.59 Å². The molecule has 2 rings (SSSR count). The van der Waals surface area contributed by atoms with Crippen molar-refractivity contribution in [3.8, 4) is 0 Å². The van der Waals surface area contributed by atoms with Crippen molar-refractivity contribution in [1.82, 2.24) is 15.1 Å². The second-order valence-electron chi connectivity index (χ2n) is 6.36. The zero-order chi connectivity index (χ0) is 15.2. The Hall–Kier alpha value is -1.10. The van der Waals surface area contributed by atoms with Crippen LogP contribution in [0.2, 0.25) is 0 Å². The third-order valence-corrected chi connectivity index (χ3v) is 4.55. The second-order valence-corrected chi connectivity index (χ2v) is 6.36. The van der Waals surface area contributed by atoms with Crippen LogP contribution in [0.25, 0.3) is 0 Å². The van der Waals surface area contributed by atoms with Crippen LogP contribution >= 0.6 is 0 Å². The van der Waals surface area contributed by atoms with Crippen molar-refractivity contribution in [3.05, 3.63) is 0 Å². The molecule has 2 aliphatic heterocycles. The molecule has 21 heavy (non-hydrogen) atoms. The average Bonchev–Trinajstić information content (AvgIpc) is 2.96. The Kier molecular flexibility index (Phi) is 6.03. The molecule has 0 aromatic rings. The number of carbonyl (C=O) groups excluding carboxylic acids is 2. The number of hydrogen-bond acceptors (Lipinski definition) is 3. The number of hydrogen-bond donors (Lipinski definition) is 1. The van der Waals surface area contributed by atoms with Crippen LogP contribution in [-0.4, -0.2) is 59.9 Å². The van der Waals surface area contributed by atoms with E-state index in [9.17, 15) is 9.59 Å². The Morgan fingerprint density at radius 3 is 2.90 bits per heavy atom. The normalized spacial score (nSPS) is 23.6. The molecule has 2 unspecified atom stereocenters. The number of unbranched alkanes of at least 4 members (excludes halogenated alkanes) is 1. The van der Waals surface area contributed by atoms with E-state index in [1.807, 2.05) is 0 Å². The van der Waals surface area contributed by atoms with E-state index < -0.39 is 0 Å². The molecule has 5 nitrogen and oxygen atoms in total. The van der Waals surface area contributed by atoms with Crippen molar-refractivity contribution in [3.63, 3.8) is 0 Å². The van der Waals surface area contributed by atoms with Crippen molar-refractivity contribution in [2.75, 3.05) is 26.2 Å². The molecule has 2 heterocycles. The van der Waals surface area contributed by atoms with Crippen molar-refractivity contribution < 1.29 is 9.59 Å². The number of carbonyl (C=O) groups is 2. The maximum absolute atomic E-state index is 12.3. The van der Waals surface area contributed by atoms with Gasteiger partial charge >= 0.3 is 0 Å². The monoisotopic (exact) mass is 295 g/mol. The Morgan fingerprint density at radius 1 is 1.33 bits per heavy atom. The van der Waals surface area contributed by atoms with Crippen LogP contribution in [0.1, 0.15) is 52.4 Å². The first-order valence-electron chi connectivity index (χ1n) is 8.45. The van der Waals surface area contributed by atoms with E-state index in [0.29, 0.717) is 12.6 Å². The molecule has 1 N–H and O–H groups in total. The molecule has 0 saturated carbocycles. The first-order valence-corrected chi connectivity index (χ1v) is 8.45. The first-order chi connectivity index (χ1) is 10.1. The van der Waals surface area contributed by atoms with Gasteiger partial charge < -0.3 is 15.1 Å². The van der Waals surface area contributed by atoms with E-state index in [1.165, 1.54) is 0 Å². The lowest BCUT2D eigenvalue weighted by atomic mass is 10.1. The highest BCUT2D eigenvalue weighted by Gasteiger charge is 2.41. The summed E-state index contributed by atoms with van der Waals surface area (Å²) >= 11 is 0. The van der Waals surface area contributed by atoms with Gasteiger partial charge in [0.1, 0.15) is 6.04 Å². The average molecular weight is 295 g/mol. The molecule has 2 aliphatic rings. The van der Waals surface area contributed by atoms with Gasteiger partial charge in [0, 0.05) is 19.1 Å². The van der Waals surface area contributed by atoms with Crippen LogP contribution in [0, 0.1) is 0 Å². The zero-order valence-electron chi connectivity index (χ0n) is 13.4. The lowest BCUT2D eigenvalue weighted by molar-refractivity contribution is -0.153. The molecule has 2 saturated heterocycles. The summed E-state index contributed by atoms with van der Waals surface area (Å²) < 4.78 is 0. The van der Waals surface area contributed by atoms with Crippen molar-refractivity contribution in [1.29, 1.82) is 0 Å². The van der Waals surface area contributed by atoms with E-state index in [1.54, 1.807) is 9.80 Å². The van der Waals surface area contributed by atoms with Gasteiger partial charge in [0.05, 0.1) is 6.54 Å². The summed E-state index contributed by atoms with van der Waals surface area (Å²) in [5.74, 6) is 0.305. The van der Waals surface area contributed by atoms with Crippen molar-refractivity contribution in [2.45, 2.75) is 64.5 Å². The molecule has 2 amide bonds.